The Balaban J connectivity index is 2.16. The minimum atomic E-state index is -0.152. The van der Waals surface area contributed by atoms with Gasteiger partial charge in [0.1, 0.15) is 5.71 Å². The van der Waals surface area contributed by atoms with Gasteiger partial charge in [-0.25, -0.2) is 4.99 Å². The van der Waals surface area contributed by atoms with Gasteiger partial charge in [0.2, 0.25) is 0 Å². The maximum absolute atomic E-state index is 12.3. The molecule has 0 fully saturated rings. The molecule has 1 aliphatic heterocycles. The smallest absolute Gasteiger partial charge is 0.275 e. The monoisotopic (exact) mass is 420 g/mol. The van der Waals surface area contributed by atoms with E-state index in [2.05, 4.69) is 49.1 Å². The highest BCUT2D eigenvalue weighted by molar-refractivity contribution is 9.10. The van der Waals surface area contributed by atoms with Crippen LogP contribution in [0.1, 0.15) is 23.6 Å². The van der Waals surface area contributed by atoms with E-state index in [1.807, 2.05) is 37.3 Å². The van der Waals surface area contributed by atoms with Gasteiger partial charge in [-0.2, -0.15) is 0 Å². The molecule has 0 spiro atoms. The number of hydrogen-bond donors (Lipinski definition) is 1. The predicted molar refractivity (Wildman–Crippen MR) is 97.2 cm³/mol. The van der Waals surface area contributed by atoms with Gasteiger partial charge >= 0.3 is 0 Å². The van der Waals surface area contributed by atoms with Crippen molar-refractivity contribution in [2.24, 2.45) is 4.99 Å². The van der Waals surface area contributed by atoms with Gasteiger partial charge in [0, 0.05) is 14.5 Å². The van der Waals surface area contributed by atoms with Gasteiger partial charge < -0.3 is 5.32 Å². The molecule has 5 heteroatoms. The molecular formula is C17H14Br2N2O. The minimum Gasteiger partial charge on any atom is -0.320 e. The number of aryl methyl sites for hydroxylation is 2. The van der Waals surface area contributed by atoms with E-state index in [0.717, 1.165) is 43.4 Å². The van der Waals surface area contributed by atoms with Crippen molar-refractivity contribution >= 4 is 54.9 Å². The Bertz CT molecular complexity index is 813. The Hall–Kier alpha value is -1.46. The third-order valence-corrected chi connectivity index (χ3v) is 4.61. The molecule has 3 rings (SSSR count). The molecule has 0 unspecified atom stereocenters. The highest BCUT2D eigenvalue weighted by atomic mass is 79.9. The summed E-state index contributed by atoms with van der Waals surface area (Å²) in [6.07, 6.45) is 0.859. The number of halogens is 2. The van der Waals surface area contributed by atoms with Crippen LogP contribution < -0.4 is 5.32 Å². The topological polar surface area (TPSA) is 41.5 Å². The fraction of sp³-hybridized carbons (Fsp3) is 0.176. The molecule has 2 aromatic carbocycles. The van der Waals surface area contributed by atoms with E-state index in [1.165, 1.54) is 0 Å². The molecule has 0 radical (unpaired) electrons. The number of hydrogen-bond acceptors (Lipinski definition) is 2. The number of nitrogens with one attached hydrogen (secondary N) is 1. The number of benzene rings is 2. The second kappa shape index (κ2) is 5.97. The number of nitrogens with zero attached hydrogens (tertiary/aromatic N) is 1. The summed E-state index contributed by atoms with van der Waals surface area (Å²) in [5.74, 6) is -0.152. The SMILES string of the molecule is CCc1cc(Br)ccc1N=C1C(=O)Nc2c(C)cc(Br)cc21. The fourth-order valence-electron chi connectivity index (χ4n) is 2.57. The summed E-state index contributed by atoms with van der Waals surface area (Å²) >= 11 is 6.96. The molecule has 112 valence electrons. The molecule has 0 saturated carbocycles. The Morgan fingerprint density at radius 3 is 2.64 bits per heavy atom. The van der Waals surface area contributed by atoms with Gasteiger partial charge in [-0.3, -0.25) is 4.79 Å². The highest BCUT2D eigenvalue weighted by Crippen LogP contribution is 2.33. The summed E-state index contributed by atoms with van der Waals surface area (Å²) in [6, 6.07) is 9.84. The molecular weight excluding hydrogens is 408 g/mol. The molecule has 0 saturated heterocycles. The van der Waals surface area contributed by atoms with E-state index in [1.54, 1.807) is 0 Å². The number of amides is 1. The van der Waals surface area contributed by atoms with Crippen LogP contribution >= 0.6 is 31.9 Å². The molecule has 22 heavy (non-hydrogen) atoms. The lowest BCUT2D eigenvalue weighted by Gasteiger charge is -2.06. The van der Waals surface area contributed by atoms with Crippen molar-refractivity contribution in [3.63, 3.8) is 0 Å². The number of aliphatic imine (C=N–C) groups is 1. The van der Waals surface area contributed by atoms with Crippen molar-refractivity contribution in [1.82, 2.24) is 0 Å². The first-order valence-electron chi connectivity index (χ1n) is 6.98. The van der Waals surface area contributed by atoms with Gasteiger partial charge in [-0.05, 0) is 54.8 Å². The zero-order chi connectivity index (χ0) is 15.9. The predicted octanol–water partition coefficient (Wildman–Crippen LogP) is 5.16. The Morgan fingerprint density at radius 2 is 1.91 bits per heavy atom. The molecule has 0 aliphatic carbocycles. The number of carbonyl (C=O) groups excluding carboxylic acids is 1. The number of anilines is 1. The summed E-state index contributed by atoms with van der Waals surface area (Å²) in [4.78, 5) is 16.9. The molecule has 1 aliphatic rings. The van der Waals surface area contributed by atoms with Gasteiger partial charge in [-0.15, -0.1) is 0 Å². The van der Waals surface area contributed by atoms with Crippen LogP contribution in [0.5, 0.6) is 0 Å². The van der Waals surface area contributed by atoms with Gasteiger partial charge in [-0.1, -0.05) is 38.8 Å². The Kier molecular flexibility index (Phi) is 4.19. The first-order chi connectivity index (χ1) is 10.5. The standard InChI is InChI=1S/C17H14Br2N2O/c1-3-10-7-11(18)4-5-14(10)20-16-13-8-12(19)6-9(2)15(13)21-17(16)22/h4-8H,3H2,1-2H3,(H,20,21,22). The number of rotatable bonds is 2. The molecule has 1 heterocycles. The molecule has 1 amide bonds. The average molecular weight is 422 g/mol. The van der Waals surface area contributed by atoms with Crippen molar-refractivity contribution < 1.29 is 4.79 Å². The summed E-state index contributed by atoms with van der Waals surface area (Å²) < 4.78 is 1.96. The van der Waals surface area contributed by atoms with Gasteiger partial charge in [0.15, 0.2) is 0 Å². The molecule has 0 atom stereocenters. The van der Waals surface area contributed by atoms with Crippen molar-refractivity contribution in [2.45, 2.75) is 20.3 Å². The third-order valence-electron chi connectivity index (χ3n) is 3.66. The molecule has 3 nitrogen and oxygen atoms in total. The minimum absolute atomic E-state index is 0.152. The molecule has 2 aromatic rings. The van der Waals surface area contributed by atoms with Crippen LogP contribution in [0.3, 0.4) is 0 Å². The molecule has 1 N–H and O–H groups in total. The first kappa shape index (κ1) is 15.4. The van der Waals surface area contributed by atoms with Crippen LogP contribution in [0.25, 0.3) is 0 Å². The van der Waals surface area contributed by atoms with Gasteiger partial charge in [0.05, 0.1) is 11.4 Å². The summed E-state index contributed by atoms with van der Waals surface area (Å²) in [5, 5.41) is 2.91. The maximum Gasteiger partial charge on any atom is 0.275 e. The van der Waals surface area contributed by atoms with E-state index >= 15 is 0 Å². The van der Waals surface area contributed by atoms with E-state index in [-0.39, 0.29) is 5.91 Å². The second-order valence-corrected chi connectivity index (χ2v) is 7.02. The molecule has 0 aromatic heterocycles. The van der Waals surface area contributed by atoms with Crippen LogP contribution in [0.4, 0.5) is 11.4 Å². The van der Waals surface area contributed by atoms with Crippen molar-refractivity contribution in [1.29, 1.82) is 0 Å². The average Bonchev–Trinajstić information content (AvgIpc) is 2.78. The van der Waals surface area contributed by atoms with Crippen molar-refractivity contribution in [2.75, 3.05) is 5.32 Å². The summed E-state index contributed by atoms with van der Waals surface area (Å²) in [5.41, 5.74) is 5.13. The lowest BCUT2D eigenvalue weighted by atomic mass is 10.1. The number of fused-ring (bicyclic) bond motifs is 1. The van der Waals surface area contributed by atoms with Crippen LogP contribution in [-0.4, -0.2) is 11.6 Å². The van der Waals surface area contributed by atoms with E-state index < -0.39 is 0 Å². The zero-order valence-electron chi connectivity index (χ0n) is 12.2. The van der Waals surface area contributed by atoms with Crippen molar-refractivity contribution in [3.8, 4) is 0 Å². The normalized spacial score (nSPS) is 15.1. The fourth-order valence-corrected chi connectivity index (χ4v) is 3.55. The third kappa shape index (κ3) is 2.75. The first-order valence-corrected chi connectivity index (χ1v) is 8.57. The largest absolute Gasteiger partial charge is 0.320 e. The van der Waals surface area contributed by atoms with E-state index in [4.69, 9.17) is 0 Å². The quantitative estimate of drug-likeness (QED) is 0.715. The van der Waals surface area contributed by atoms with Crippen LogP contribution in [0.15, 0.2) is 44.3 Å². The lowest BCUT2D eigenvalue weighted by molar-refractivity contribution is -0.110. The van der Waals surface area contributed by atoms with Crippen molar-refractivity contribution in [3.05, 3.63) is 56.0 Å². The maximum atomic E-state index is 12.3. The Labute approximate surface area is 146 Å². The van der Waals surface area contributed by atoms with Crippen LogP contribution in [0.2, 0.25) is 0 Å². The van der Waals surface area contributed by atoms with Gasteiger partial charge in [0.25, 0.3) is 5.91 Å². The highest BCUT2D eigenvalue weighted by Gasteiger charge is 2.28. The second-order valence-electron chi connectivity index (χ2n) is 5.19. The summed E-state index contributed by atoms with van der Waals surface area (Å²) in [6.45, 7) is 4.05. The zero-order valence-corrected chi connectivity index (χ0v) is 15.4. The molecule has 0 bridgehead atoms. The van der Waals surface area contributed by atoms with E-state index in [9.17, 15) is 4.79 Å². The lowest BCUT2D eigenvalue weighted by Crippen LogP contribution is -2.14. The van der Waals surface area contributed by atoms with E-state index in [0.29, 0.717) is 5.71 Å². The summed E-state index contributed by atoms with van der Waals surface area (Å²) in [7, 11) is 0. The van der Waals surface area contributed by atoms with Crippen LogP contribution in [-0.2, 0) is 11.2 Å². The number of carbonyl (C=O) groups is 1. The van der Waals surface area contributed by atoms with Crippen LogP contribution in [0, 0.1) is 6.92 Å². The Morgan fingerprint density at radius 1 is 1.14 bits per heavy atom.